The summed E-state index contributed by atoms with van der Waals surface area (Å²) in [6, 6.07) is 9.92. The zero-order chi connectivity index (χ0) is 17.7. The minimum absolute atomic E-state index is 0.0380. The number of sulfone groups is 1. The van der Waals surface area contributed by atoms with Crippen LogP contribution in [0.2, 0.25) is 0 Å². The van der Waals surface area contributed by atoms with Gasteiger partial charge in [-0.1, -0.05) is 30.3 Å². The van der Waals surface area contributed by atoms with Gasteiger partial charge in [-0.2, -0.15) is 0 Å². The third kappa shape index (κ3) is 5.37. The number of nitrogens with zero attached hydrogens (tertiary/aromatic N) is 1. The number of hydrogen-bond donors (Lipinski definition) is 1. The molecule has 0 bridgehead atoms. The Morgan fingerprint density at radius 1 is 1.28 bits per heavy atom. The molecule has 1 saturated heterocycles. The number of rotatable bonds is 7. The summed E-state index contributed by atoms with van der Waals surface area (Å²) in [5.41, 5.74) is 1.84. The molecular formula is C18H22N2O3S2. The molecule has 1 unspecified atom stereocenters. The van der Waals surface area contributed by atoms with Crippen molar-refractivity contribution in [1.29, 1.82) is 0 Å². The summed E-state index contributed by atoms with van der Waals surface area (Å²) in [6.07, 6.45) is 2.71. The molecule has 1 aromatic carbocycles. The summed E-state index contributed by atoms with van der Waals surface area (Å²) < 4.78 is 22.8. The molecule has 0 radical (unpaired) electrons. The van der Waals surface area contributed by atoms with E-state index in [0.717, 1.165) is 35.5 Å². The number of hydrogen-bond acceptors (Lipinski definition) is 5. The van der Waals surface area contributed by atoms with Gasteiger partial charge in [0, 0.05) is 17.5 Å². The first kappa shape index (κ1) is 18.1. The van der Waals surface area contributed by atoms with Crippen LogP contribution in [0, 0.1) is 5.92 Å². The predicted molar refractivity (Wildman–Crippen MR) is 100 cm³/mol. The lowest BCUT2D eigenvalue weighted by molar-refractivity contribution is -0.120. The second-order valence-electron chi connectivity index (χ2n) is 6.45. The molecule has 1 amide bonds. The van der Waals surface area contributed by atoms with Gasteiger partial charge < -0.3 is 5.32 Å². The molecule has 3 rings (SSSR count). The maximum atomic E-state index is 12.0. The van der Waals surface area contributed by atoms with Crippen LogP contribution >= 0.6 is 11.3 Å². The van der Waals surface area contributed by atoms with E-state index in [1.165, 1.54) is 0 Å². The number of carbonyl (C=O) groups excluding carboxylic acids is 1. The molecule has 0 spiro atoms. The highest BCUT2D eigenvalue weighted by atomic mass is 32.2. The zero-order valence-corrected chi connectivity index (χ0v) is 15.6. The van der Waals surface area contributed by atoms with Gasteiger partial charge in [0.15, 0.2) is 9.84 Å². The van der Waals surface area contributed by atoms with Crippen molar-refractivity contribution in [1.82, 2.24) is 10.3 Å². The molecule has 25 heavy (non-hydrogen) atoms. The number of thiazole rings is 1. The Morgan fingerprint density at radius 3 is 2.80 bits per heavy atom. The average molecular weight is 379 g/mol. The third-order valence-electron chi connectivity index (χ3n) is 4.35. The monoisotopic (exact) mass is 378 g/mol. The predicted octanol–water partition coefficient (Wildman–Crippen LogP) is 2.68. The van der Waals surface area contributed by atoms with E-state index < -0.39 is 9.84 Å². The van der Waals surface area contributed by atoms with E-state index in [1.807, 2.05) is 35.7 Å². The first-order valence-electron chi connectivity index (χ1n) is 8.49. The van der Waals surface area contributed by atoms with Gasteiger partial charge >= 0.3 is 0 Å². The van der Waals surface area contributed by atoms with E-state index in [0.29, 0.717) is 18.1 Å². The molecule has 0 saturated carbocycles. The molecule has 1 aliphatic rings. The number of carbonyl (C=O) groups is 1. The number of amides is 1. The van der Waals surface area contributed by atoms with Gasteiger partial charge in [0.1, 0.15) is 5.01 Å². The highest BCUT2D eigenvalue weighted by molar-refractivity contribution is 7.91. The van der Waals surface area contributed by atoms with E-state index in [9.17, 15) is 13.2 Å². The highest BCUT2D eigenvalue weighted by Gasteiger charge is 2.27. The normalized spacial score (nSPS) is 19.0. The lowest BCUT2D eigenvalue weighted by Crippen LogP contribution is -2.26. The summed E-state index contributed by atoms with van der Waals surface area (Å²) in [7, 11) is -2.80. The highest BCUT2D eigenvalue weighted by Crippen LogP contribution is 2.24. The first-order valence-corrected chi connectivity index (χ1v) is 11.2. The summed E-state index contributed by atoms with van der Waals surface area (Å²) >= 11 is 1.54. The van der Waals surface area contributed by atoms with Crippen LogP contribution in [-0.2, 0) is 21.1 Å². The second-order valence-corrected chi connectivity index (χ2v) is 9.53. The number of benzene rings is 1. The largest absolute Gasteiger partial charge is 0.356 e. The van der Waals surface area contributed by atoms with Gasteiger partial charge in [0.25, 0.3) is 0 Å². The van der Waals surface area contributed by atoms with Gasteiger partial charge in [-0.05, 0) is 25.2 Å². The fourth-order valence-electron chi connectivity index (χ4n) is 3.05. The maximum absolute atomic E-state index is 12.0. The lowest BCUT2D eigenvalue weighted by atomic mass is 10.0. The van der Waals surface area contributed by atoms with Crippen LogP contribution in [0.1, 0.15) is 25.0 Å². The molecule has 2 aromatic rings. The summed E-state index contributed by atoms with van der Waals surface area (Å²) in [5, 5.41) is 5.75. The van der Waals surface area contributed by atoms with Gasteiger partial charge in [-0.15, -0.1) is 11.3 Å². The molecule has 1 aromatic heterocycles. The standard InChI is InChI=1S/C18H22N2O3S2/c21-17(19-9-4-5-14-8-10-25(22,23)13-14)11-16-12-24-18(20-16)15-6-2-1-3-7-15/h1-3,6-7,12,14H,4-5,8-11,13H2,(H,19,21). The molecule has 1 N–H and O–H groups in total. The van der Waals surface area contributed by atoms with Crippen molar-refractivity contribution >= 4 is 27.1 Å². The van der Waals surface area contributed by atoms with Crippen LogP contribution < -0.4 is 5.32 Å². The van der Waals surface area contributed by atoms with E-state index in [4.69, 9.17) is 0 Å². The Kier molecular flexibility index (Phi) is 5.86. The van der Waals surface area contributed by atoms with Crippen LogP contribution in [0.25, 0.3) is 10.6 Å². The van der Waals surface area contributed by atoms with E-state index >= 15 is 0 Å². The van der Waals surface area contributed by atoms with Crippen molar-refractivity contribution < 1.29 is 13.2 Å². The smallest absolute Gasteiger partial charge is 0.226 e. The summed E-state index contributed by atoms with van der Waals surface area (Å²) in [4.78, 5) is 16.5. The Morgan fingerprint density at radius 2 is 2.08 bits per heavy atom. The van der Waals surface area contributed by atoms with Crippen LogP contribution in [0.5, 0.6) is 0 Å². The molecule has 2 heterocycles. The molecule has 1 atom stereocenters. The maximum Gasteiger partial charge on any atom is 0.226 e. The molecule has 5 nitrogen and oxygen atoms in total. The van der Waals surface area contributed by atoms with Crippen molar-refractivity contribution in [3.8, 4) is 10.6 Å². The minimum Gasteiger partial charge on any atom is -0.356 e. The molecule has 134 valence electrons. The fourth-order valence-corrected chi connectivity index (χ4v) is 5.78. The Balaban J connectivity index is 1.39. The number of nitrogens with one attached hydrogen (secondary N) is 1. The molecular weight excluding hydrogens is 356 g/mol. The molecule has 0 aliphatic carbocycles. The summed E-state index contributed by atoms with van der Waals surface area (Å²) in [6.45, 7) is 0.588. The van der Waals surface area contributed by atoms with Gasteiger partial charge in [-0.25, -0.2) is 13.4 Å². The van der Waals surface area contributed by atoms with Gasteiger partial charge in [0.2, 0.25) is 5.91 Å². The van der Waals surface area contributed by atoms with Crippen LogP contribution in [0.15, 0.2) is 35.7 Å². The van der Waals surface area contributed by atoms with Gasteiger partial charge in [-0.3, -0.25) is 4.79 Å². The fraction of sp³-hybridized carbons (Fsp3) is 0.444. The van der Waals surface area contributed by atoms with Crippen molar-refractivity contribution in [2.24, 2.45) is 5.92 Å². The van der Waals surface area contributed by atoms with Crippen LogP contribution in [0.3, 0.4) is 0 Å². The Labute approximate surface area is 152 Å². The van der Waals surface area contributed by atoms with E-state index in [1.54, 1.807) is 11.3 Å². The Hall–Kier alpha value is -1.73. The Bertz CT molecular complexity index is 816. The second kappa shape index (κ2) is 8.10. The molecule has 1 aliphatic heterocycles. The molecule has 1 fully saturated rings. The van der Waals surface area contributed by atoms with Crippen LogP contribution in [-0.4, -0.2) is 37.4 Å². The van der Waals surface area contributed by atoms with E-state index in [-0.39, 0.29) is 18.2 Å². The van der Waals surface area contributed by atoms with Crippen molar-refractivity contribution in [3.05, 3.63) is 41.4 Å². The summed E-state index contributed by atoms with van der Waals surface area (Å²) in [5.74, 6) is 0.845. The zero-order valence-electron chi connectivity index (χ0n) is 14.0. The minimum atomic E-state index is -2.80. The lowest BCUT2D eigenvalue weighted by Gasteiger charge is -2.08. The third-order valence-corrected chi connectivity index (χ3v) is 7.13. The van der Waals surface area contributed by atoms with Crippen molar-refractivity contribution in [2.75, 3.05) is 18.1 Å². The van der Waals surface area contributed by atoms with Gasteiger partial charge in [0.05, 0.1) is 23.6 Å². The van der Waals surface area contributed by atoms with E-state index in [2.05, 4.69) is 10.3 Å². The first-order chi connectivity index (χ1) is 12.0. The molecule has 7 heteroatoms. The van der Waals surface area contributed by atoms with Crippen molar-refractivity contribution in [3.63, 3.8) is 0 Å². The van der Waals surface area contributed by atoms with Crippen LogP contribution in [0.4, 0.5) is 0 Å². The topological polar surface area (TPSA) is 76.1 Å². The SMILES string of the molecule is O=C(Cc1csc(-c2ccccc2)n1)NCCCC1CCS(=O)(=O)C1. The van der Waals surface area contributed by atoms with Crippen molar-refractivity contribution in [2.45, 2.75) is 25.7 Å². The quantitative estimate of drug-likeness (QED) is 0.752. The number of aromatic nitrogens is 1. The average Bonchev–Trinajstić information content (AvgIpc) is 3.19.